The summed E-state index contributed by atoms with van der Waals surface area (Å²) < 4.78 is 17.5. The predicted molar refractivity (Wildman–Crippen MR) is 159 cm³/mol. The van der Waals surface area contributed by atoms with Crippen molar-refractivity contribution in [1.82, 2.24) is 9.88 Å². The monoisotopic (exact) mass is 654 g/mol. The Morgan fingerprint density at radius 3 is 2.40 bits per heavy atom. The number of aromatic nitrogens is 1. The van der Waals surface area contributed by atoms with Gasteiger partial charge in [0.05, 0.1) is 24.6 Å². The van der Waals surface area contributed by atoms with Crippen molar-refractivity contribution >= 4 is 51.1 Å². The highest BCUT2D eigenvalue weighted by molar-refractivity contribution is 9.10. The number of pyridine rings is 1. The number of furan rings is 1. The SMILES string of the molecule is CCOC(=O)C(NC(=O)c1ccc(N2C[C@H]3C[C@@H](C2)c2cccc(=O)n2C3)c(NC(=O)c2ccc(Br)o2)c1)C(=O)OCC. The van der Waals surface area contributed by atoms with E-state index in [-0.39, 0.29) is 41.9 Å². The van der Waals surface area contributed by atoms with E-state index in [0.29, 0.717) is 35.7 Å². The number of benzene rings is 1. The molecule has 12 nitrogen and oxygen atoms in total. The number of halogens is 1. The molecule has 43 heavy (non-hydrogen) atoms. The number of fused-ring (bicyclic) bond motifs is 4. The molecule has 2 N–H and O–H groups in total. The van der Waals surface area contributed by atoms with Crippen molar-refractivity contribution in [1.29, 1.82) is 0 Å². The lowest BCUT2D eigenvalue weighted by molar-refractivity contribution is -0.157. The second-order valence-corrected chi connectivity index (χ2v) is 11.1. The molecule has 0 aliphatic carbocycles. The van der Waals surface area contributed by atoms with Crippen molar-refractivity contribution in [2.75, 3.05) is 36.5 Å². The Kier molecular flexibility index (Phi) is 9.00. The van der Waals surface area contributed by atoms with Gasteiger partial charge in [0.2, 0.25) is 6.04 Å². The van der Waals surface area contributed by atoms with E-state index in [1.54, 1.807) is 44.2 Å². The Labute approximate surface area is 255 Å². The normalized spacial score (nSPS) is 17.2. The summed E-state index contributed by atoms with van der Waals surface area (Å²) in [5.41, 5.74) is 2.05. The summed E-state index contributed by atoms with van der Waals surface area (Å²) in [6.07, 6.45) is 0.936. The van der Waals surface area contributed by atoms with E-state index in [9.17, 15) is 24.0 Å². The fourth-order valence-corrected chi connectivity index (χ4v) is 5.95. The van der Waals surface area contributed by atoms with E-state index in [0.717, 1.165) is 12.1 Å². The summed E-state index contributed by atoms with van der Waals surface area (Å²) in [6, 6.07) is 11.5. The molecule has 13 heteroatoms. The molecule has 0 saturated carbocycles. The van der Waals surface area contributed by atoms with Crippen molar-refractivity contribution in [3.05, 3.63) is 80.6 Å². The van der Waals surface area contributed by atoms with Crippen LogP contribution < -0.4 is 21.1 Å². The summed E-state index contributed by atoms with van der Waals surface area (Å²) in [7, 11) is 0. The smallest absolute Gasteiger partial charge is 0.340 e. The molecule has 2 atom stereocenters. The molecule has 3 aromatic rings. The lowest BCUT2D eigenvalue weighted by Crippen LogP contribution is -2.48. The van der Waals surface area contributed by atoms with Gasteiger partial charge in [-0.2, -0.15) is 0 Å². The molecular weight excluding hydrogens is 624 g/mol. The van der Waals surface area contributed by atoms with Crippen LogP contribution in [-0.4, -0.2) is 60.7 Å². The van der Waals surface area contributed by atoms with Crippen LogP contribution >= 0.6 is 15.9 Å². The third-order valence-electron chi connectivity index (χ3n) is 7.44. The zero-order valence-corrected chi connectivity index (χ0v) is 25.2. The molecule has 1 saturated heterocycles. The Morgan fingerprint density at radius 2 is 1.72 bits per heavy atom. The van der Waals surface area contributed by atoms with E-state index >= 15 is 0 Å². The second kappa shape index (κ2) is 12.9. The summed E-state index contributed by atoms with van der Waals surface area (Å²) >= 11 is 3.20. The molecule has 1 fully saturated rings. The minimum absolute atomic E-state index is 0.00924. The van der Waals surface area contributed by atoms with E-state index in [4.69, 9.17) is 13.9 Å². The lowest BCUT2D eigenvalue weighted by atomic mass is 9.83. The largest absolute Gasteiger partial charge is 0.464 e. The van der Waals surface area contributed by atoms with Gasteiger partial charge in [0.1, 0.15) is 0 Å². The number of esters is 2. The maximum absolute atomic E-state index is 13.3. The molecular formula is C30H31BrN4O8. The number of ether oxygens (including phenoxy) is 2. The Morgan fingerprint density at radius 1 is 0.977 bits per heavy atom. The first-order chi connectivity index (χ1) is 20.7. The summed E-state index contributed by atoms with van der Waals surface area (Å²) in [6.45, 7) is 5.00. The molecule has 2 aliphatic rings. The first kappa shape index (κ1) is 30.1. The van der Waals surface area contributed by atoms with Crippen LogP contribution in [0.3, 0.4) is 0 Å². The zero-order valence-electron chi connectivity index (χ0n) is 23.6. The standard InChI is InChI=1S/C30H31BrN4O8/c1-3-41-29(39)26(30(40)42-4-2)33-27(37)18-8-9-22(20(13-18)32-28(38)23-10-11-24(31)43-23)34-14-17-12-19(16-34)21-6-5-7-25(36)35(21)15-17/h5-11,13,17,19,26H,3-4,12,14-16H2,1-2H3,(H,32,38)(H,33,37)/t17-,19+/m1/s1. The van der Waals surface area contributed by atoms with E-state index in [1.165, 1.54) is 12.1 Å². The minimum atomic E-state index is -1.66. The van der Waals surface area contributed by atoms with E-state index < -0.39 is 29.8 Å². The van der Waals surface area contributed by atoms with Gasteiger partial charge in [0.25, 0.3) is 17.4 Å². The topological polar surface area (TPSA) is 149 Å². The fraction of sp³-hybridized carbons (Fsp3) is 0.367. The number of nitrogens with one attached hydrogen (secondary N) is 2. The quantitative estimate of drug-likeness (QED) is 0.262. The molecule has 2 aliphatic heterocycles. The van der Waals surface area contributed by atoms with Crippen molar-refractivity contribution in [2.45, 2.75) is 38.8 Å². The van der Waals surface area contributed by atoms with Crippen LogP contribution in [0.4, 0.5) is 11.4 Å². The van der Waals surface area contributed by atoms with Gasteiger partial charge in [0.15, 0.2) is 10.4 Å². The van der Waals surface area contributed by atoms with Crippen LogP contribution in [0, 0.1) is 5.92 Å². The fourth-order valence-electron chi connectivity index (χ4n) is 5.65. The third kappa shape index (κ3) is 6.51. The van der Waals surface area contributed by atoms with Gasteiger partial charge in [0, 0.05) is 42.9 Å². The molecule has 0 spiro atoms. The molecule has 226 valence electrons. The van der Waals surface area contributed by atoms with Gasteiger partial charge >= 0.3 is 11.9 Å². The van der Waals surface area contributed by atoms with Gasteiger partial charge in [-0.15, -0.1) is 0 Å². The number of piperidine rings is 1. The van der Waals surface area contributed by atoms with Crippen molar-refractivity contribution in [3.63, 3.8) is 0 Å². The van der Waals surface area contributed by atoms with Gasteiger partial charge < -0.3 is 34.0 Å². The highest BCUT2D eigenvalue weighted by Crippen LogP contribution is 2.39. The summed E-state index contributed by atoms with van der Waals surface area (Å²) in [4.78, 5) is 65.9. The van der Waals surface area contributed by atoms with Gasteiger partial charge in [-0.3, -0.25) is 14.4 Å². The lowest BCUT2D eigenvalue weighted by Gasteiger charge is -2.44. The number of hydrogen-bond acceptors (Lipinski definition) is 9. The van der Waals surface area contributed by atoms with Crippen LogP contribution in [0.25, 0.3) is 0 Å². The summed E-state index contributed by atoms with van der Waals surface area (Å²) in [5, 5.41) is 5.25. The Bertz CT molecular complexity index is 1600. The van der Waals surface area contributed by atoms with E-state index in [2.05, 4.69) is 31.5 Å². The van der Waals surface area contributed by atoms with Crippen molar-refractivity contribution in [2.24, 2.45) is 5.92 Å². The molecule has 2 bridgehead atoms. The van der Waals surface area contributed by atoms with Gasteiger partial charge in [-0.05, 0) is 78.5 Å². The average molecular weight is 656 g/mol. The van der Waals surface area contributed by atoms with Crippen LogP contribution in [0.2, 0.25) is 0 Å². The van der Waals surface area contributed by atoms with Crippen molar-refractivity contribution < 1.29 is 33.1 Å². The second-order valence-electron chi connectivity index (χ2n) is 10.3. The molecule has 5 rings (SSSR count). The first-order valence-corrected chi connectivity index (χ1v) is 14.8. The van der Waals surface area contributed by atoms with E-state index in [1.807, 2.05) is 10.6 Å². The van der Waals surface area contributed by atoms with Crippen LogP contribution in [0.5, 0.6) is 0 Å². The highest BCUT2D eigenvalue weighted by Gasteiger charge is 2.36. The number of anilines is 2. The van der Waals surface area contributed by atoms with Gasteiger partial charge in [-0.1, -0.05) is 6.07 Å². The van der Waals surface area contributed by atoms with Crippen LogP contribution in [0.1, 0.15) is 52.8 Å². The van der Waals surface area contributed by atoms with Crippen LogP contribution in [-0.2, 0) is 25.6 Å². The molecule has 4 heterocycles. The summed E-state index contributed by atoms with van der Waals surface area (Å²) in [5.74, 6) is -2.80. The molecule has 2 aromatic heterocycles. The first-order valence-electron chi connectivity index (χ1n) is 14.0. The number of amides is 2. The van der Waals surface area contributed by atoms with Crippen molar-refractivity contribution in [3.8, 4) is 0 Å². The predicted octanol–water partition coefficient (Wildman–Crippen LogP) is 3.30. The molecule has 1 aromatic carbocycles. The third-order valence-corrected chi connectivity index (χ3v) is 7.87. The zero-order chi connectivity index (χ0) is 30.7. The maximum Gasteiger partial charge on any atom is 0.340 e. The number of hydrogen-bond donors (Lipinski definition) is 2. The highest BCUT2D eigenvalue weighted by atomic mass is 79.9. The molecule has 0 radical (unpaired) electrons. The molecule has 0 unspecified atom stereocenters. The number of carbonyl (C=O) groups excluding carboxylic acids is 4. The average Bonchev–Trinajstić information content (AvgIpc) is 3.43. The Balaban J connectivity index is 1.46. The maximum atomic E-state index is 13.3. The minimum Gasteiger partial charge on any atom is -0.464 e. The number of nitrogens with zero attached hydrogens (tertiary/aromatic N) is 2. The number of carbonyl (C=O) groups is 4. The Hall–Kier alpha value is -4.39. The van der Waals surface area contributed by atoms with Crippen LogP contribution in [0.15, 0.2) is 62.4 Å². The molecule has 2 amide bonds. The number of rotatable bonds is 9. The van der Waals surface area contributed by atoms with Gasteiger partial charge in [-0.25, -0.2) is 9.59 Å².